The van der Waals surface area contributed by atoms with Crippen molar-refractivity contribution in [2.75, 3.05) is 6.54 Å². The van der Waals surface area contributed by atoms with E-state index in [1.54, 1.807) is 0 Å². The Balaban J connectivity index is 2.79. The van der Waals surface area contributed by atoms with Crippen LogP contribution in [0.1, 0.15) is 29.1 Å². The Hall–Kier alpha value is -1.86. The number of halogens is 1. The van der Waals surface area contributed by atoms with Crippen molar-refractivity contribution in [2.24, 2.45) is 0 Å². The van der Waals surface area contributed by atoms with Crippen molar-refractivity contribution in [1.29, 1.82) is 0 Å². The van der Waals surface area contributed by atoms with Crippen LogP contribution in [-0.4, -0.2) is 40.0 Å². The largest absolute Gasteiger partial charge is 0.388 e. The van der Waals surface area contributed by atoms with E-state index in [0.717, 1.165) is 12.3 Å². The van der Waals surface area contributed by atoms with Gasteiger partial charge in [-0.2, -0.15) is 0 Å². The lowest BCUT2D eigenvalue weighted by Gasteiger charge is -2.17. The van der Waals surface area contributed by atoms with Gasteiger partial charge in [-0.1, -0.05) is 0 Å². The summed E-state index contributed by atoms with van der Waals surface area (Å²) in [6.45, 7) is 1.09. The van der Waals surface area contributed by atoms with Gasteiger partial charge in [0.2, 0.25) is 5.91 Å². The van der Waals surface area contributed by atoms with Crippen LogP contribution >= 0.6 is 0 Å². The van der Waals surface area contributed by atoms with Crippen molar-refractivity contribution in [3.63, 3.8) is 0 Å². The predicted molar refractivity (Wildman–Crippen MR) is 59.2 cm³/mol. The fourth-order valence-electron chi connectivity index (χ4n) is 1.28. The first kappa shape index (κ1) is 14.2. The van der Waals surface area contributed by atoms with E-state index in [4.69, 9.17) is 0 Å². The summed E-state index contributed by atoms with van der Waals surface area (Å²) in [6, 6.07) is 1.05. The first-order valence-electron chi connectivity index (χ1n) is 5.17. The zero-order valence-corrected chi connectivity index (χ0v) is 9.63. The molecule has 98 valence electrons. The van der Waals surface area contributed by atoms with Crippen LogP contribution in [0, 0.1) is 5.82 Å². The second kappa shape index (κ2) is 6.18. The highest BCUT2D eigenvalue weighted by Gasteiger charge is 2.21. The molecule has 0 aliphatic rings. The summed E-state index contributed by atoms with van der Waals surface area (Å²) in [7, 11) is 0. The topological polar surface area (TPSA) is 99.5 Å². The van der Waals surface area contributed by atoms with E-state index in [0.29, 0.717) is 0 Å². The molecule has 1 amide bonds. The van der Waals surface area contributed by atoms with Crippen molar-refractivity contribution < 1.29 is 24.2 Å². The highest BCUT2D eigenvalue weighted by Crippen LogP contribution is 2.16. The van der Waals surface area contributed by atoms with E-state index in [-0.39, 0.29) is 30.0 Å². The van der Waals surface area contributed by atoms with Gasteiger partial charge in [-0.15, -0.1) is 0 Å². The predicted octanol–water partition coefficient (Wildman–Crippen LogP) is -0.436. The van der Waals surface area contributed by atoms with Crippen LogP contribution in [0.15, 0.2) is 12.3 Å². The van der Waals surface area contributed by atoms with Gasteiger partial charge in [-0.05, 0) is 6.07 Å². The Morgan fingerprint density at radius 2 is 2.28 bits per heavy atom. The first-order valence-corrected chi connectivity index (χ1v) is 5.17. The number of aliphatic hydroxyl groups is 2. The number of rotatable bonds is 5. The van der Waals surface area contributed by atoms with Gasteiger partial charge in [0.25, 0.3) is 0 Å². The molecule has 1 heterocycles. The number of nitrogens with one attached hydrogen (secondary N) is 1. The Morgan fingerprint density at radius 3 is 2.83 bits per heavy atom. The van der Waals surface area contributed by atoms with Gasteiger partial charge < -0.3 is 15.5 Å². The molecule has 1 rings (SSSR count). The van der Waals surface area contributed by atoms with Crippen molar-refractivity contribution in [2.45, 2.75) is 19.1 Å². The average Bonchev–Trinajstić information content (AvgIpc) is 2.35. The number of carbonyl (C=O) groups excluding carboxylic acids is 2. The van der Waals surface area contributed by atoms with E-state index in [1.807, 2.05) is 0 Å². The molecule has 2 unspecified atom stereocenters. The number of aliphatic hydroxyl groups excluding tert-OH is 2. The fourth-order valence-corrected chi connectivity index (χ4v) is 1.28. The van der Waals surface area contributed by atoms with Crippen LogP contribution in [0.4, 0.5) is 4.39 Å². The summed E-state index contributed by atoms with van der Waals surface area (Å²) in [4.78, 5) is 24.7. The van der Waals surface area contributed by atoms with E-state index in [9.17, 15) is 24.2 Å². The number of hydrogen-bond donors (Lipinski definition) is 3. The molecule has 6 nitrogen and oxygen atoms in total. The van der Waals surface area contributed by atoms with Crippen LogP contribution in [0.25, 0.3) is 0 Å². The Kier molecular flexibility index (Phi) is 4.87. The van der Waals surface area contributed by atoms with Gasteiger partial charge in [0.05, 0.1) is 17.5 Å². The minimum atomic E-state index is -1.42. The molecule has 0 radical (unpaired) electrons. The summed E-state index contributed by atoms with van der Waals surface area (Å²) < 4.78 is 13.0. The molecule has 7 heteroatoms. The maximum absolute atomic E-state index is 13.0. The van der Waals surface area contributed by atoms with Gasteiger partial charge in [0.1, 0.15) is 12.2 Å². The lowest BCUT2D eigenvalue weighted by Crippen LogP contribution is -2.34. The van der Waals surface area contributed by atoms with Crippen LogP contribution < -0.4 is 5.32 Å². The quantitative estimate of drug-likeness (QED) is 0.620. The summed E-state index contributed by atoms with van der Waals surface area (Å²) in [5.74, 6) is -1.17. The lowest BCUT2D eigenvalue weighted by molar-refractivity contribution is -0.119. The molecule has 0 fully saturated rings. The number of nitrogens with zero attached hydrogens (tertiary/aromatic N) is 1. The third kappa shape index (κ3) is 3.57. The SMILES string of the molecule is CC(=O)NCC(O)C(O)c1cc(C=O)c(F)cn1. The molecule has 0 saturated heterocycles. The Morgan fingerprint density at radius 1 is 1.61 bits per heavy atom. The monoisotopic (exact) mass is 256 g/mol. The van der Waals surface area contributed by atoms with Gasteiger partial charge in [-0.25, -0.2) is 4.39 Å². The van der Waals surface area contributed by atoms with Crippen LogP contribution in [0.5, 0.6) is 0 Å². The number of aldehydes is 1. The van der Waals surface area contributed by atoms with Gasteiger partial charge in [0.15, 0.2) is 12.1 Å². The van der Waals surface area contributed by atoms with Crippen LogP contribution in [0.2, 0.25) is 0 Å². The van der Waals surface area contributed by atoms with Crippen molar-refractivity contribution >= 4 is 12.2 Å². The Bertz CT molecular complexity index is 453. The molecule has 0 saturated carbocycles. The number of carbonyl (C=O) groups is 2. The minimum absolute atomic E-state index is 0.0450. The summed E-state index contributed by atoms with van der Waals surface area (Å²) in [6.07, 6.45) is -1.65. The summed E-state index contributed by atoms with van der Waals surface area (Å²) in [5, 5.41) is 21.6. The molecule has 1 aromatic rings. The van der Waals surface area contributed by atoms with E-state index in [2.05, 4.69) is 10.3 Å². The summed E-state index contributed by atoms with van der Waals surface area (Å²) >= 11 is 0. The number of aromatic nitrogens is 1. The third-order valence-corrected chi connectivity index (χ3v) is 2.26. The zero-order valence-electron chi connectivity index (χ0n) is 9.63. The lowest BCUT2D eigenvalue weighted by atomic mass is 10.1. The van der Waals surface area contributed by atoms with Crippen molar-refractivity contribution in [1.82, 2.24) is 10.3 Å². The second-order valence-electron chi connectivity index (χ2n) is 3.70. The number of pyridine rings is 1. The van der Waals surface area contributed by atoms with Crippen molar-refractivity contribution in [3.05, 3.63) is 29.3 Å². The third-order valence-electron chi connectivity index (χ3n) is 2.26. The average molecular weight is 256 g/mol. The number of amides is 1. The molecule has 1 aromatic heterocycles. The smallest absolute Gasteiger partial charge is 0.216 e. The van der Waals surface area contributed by atoms with Crippen LogP contribution in [0.3, 0.4) is 0 Å². The van der Waals surface area contributed by atoms with E-state index in [1.165, 1.54) is 6.92 Å². The maximum Gasteiger partial charge on any atom is 0.216 e. The molecule has 0 aliphatic carbocycles. The fraction of sp³-hybridized carbons (Fsp3) is 0.364. The molecule has 0 bridgehead atoms. The normalized spacial score (nSPS) is 13.8. The molecular weight excluding hydrogens is 243 g/mol. The van der Waals surface area contributed by atoms with E-state index < -0.39 is 18.0 Å². The molecule has 0 spiro atoms. The van der Waals surface area contributed by atoms with Gasteiger partial charge in [0, 0.05) is 13.5 Å². The highest BCUT2D eigenvalue weighted by atomic mass is 19.1. The van der Waals surface area contributed by atoms with Crippen LogP contribution in [-0.2, 0) is 4.79 Å². The molecule has 3 N–H and O–H groups in total. The second-order valence-corrected chi connectivity index (χ2v) is 3.70. The van der Waals surface area contributed by atoms with Gasteiger partial charge in [-0.3, -0.25) is 14.6 Å². The molecule has 18 heavy (non-hydrogen) atoms. The first-order chi connectivity index (χ1) is 8.45. The van der Waals surface area contributed by atoms with E-state index >= 15 is 0 Å². The van der Waals surface area contributed by atoms with Gasteiger partial charge >= 0.3 is 0 Å². The zero-order chi connectivity index (χ0) is 13.7. The molecule has 2 atom stereocenters. The molecular formula is C11H13FN2O4. The standard InChI is InChI=1S/C11H13FN2O4/c1-6(16)13-4-10(17)11(18)9-2-7(5-15)8(12)3-14-9/h2-3,5,10-11,17-18H,4H2,1H3,(H,13,16). The summed E-state index contributed by atoms with van der Waals surface area (Å²) in [5.41, 5.74) is -0.304. The highest BCUT2D eigenvalue weighted by molar-refractivity contribution is 5.75. The number of hydrogen-bond acceptors (Lipinski definition) is 5. The minimum Gasteiger partial charge on any atom is -0.388 e. The molecule has 0 aliphatic heterocycles. The maximum atomic E-state index is 13.0. The Labute approximate surface area is 102 Å². The van der Waals surface area contributed by atoms with Crippen molar-refractivity contribution in [3.8, 4) is 0 Å². The molecule has 0 aromatic carbocycles.